The zero-order valence-corrected chi connectivity index (χ0v) is 11.8. The van der Waals surface area contributed by atoms with E-state index in [-0.39, 0.29) is 0 Å². The van der Waals surface area contributed by atoms with E-state index in [0.717, 1.165) is 17.1 Å². The Morgan fingerprint density at radius 2 is 1.79 bits per heavy atom. The first-order valence-corrected chi connectivity index (χ1v) is 6.68. The highest BCUT2D eigenvalue weighted by molar-refractivity contribution is 5.43. The van der Waals surface area contributed by atoms with Crippen LogP contribution < -0.4 is 10.5 Å². The molecule has 2 nitrogen and oxygen atoms in total. The Bertz CT molecular complexity index is 561. The Morgan fingerprint density at radius 3 is 2.47 bits per heavy atom. The summed E-state index contributed by atoms with van der Waals surface area (Å²) in [6, 6.07) is 14.3. The molecule has 2 rings (SSSR count). The van der Waals surface area contributed by atoms with Crippen molar-refractivity contribution in [2.24, 2.45) is 5.73 Å². The molecular formula is C17H21NO. The van der Waals surface area contributed by atoms with E-state index >= 15 is 0 Å². The van der Waals surface area contributed by atoms with E-state index in [0.29, 0.717) is 12.5 Å². The molecule has 0 aliphatic rings. The Morgan fingerprint density at radius 1 is 1.05 bits per heavy atom. The van der Waals surface area contributed by atoms with Crippen molar-refractivity contribution in [3.8, 4) is 11.5 Å². The molecule has 0 unspecified atom stereocenters. The molecule has 2 N–H and O–H groups in total. The van der Waals surface area contributed by atoms with E-state index in [4.69, 9.17) is 10.5 Å². The second-order valence-corrected chi connectivity index (χ2v) is 5.11. The van der Waals surface area contributed by atoms with Crippen molar-refractivity contribution in [2.45, 2.75) is 33.2 Å². The number of hydrogen-bond donors (Lipinski definition) is 1. The van der Waals surface area contributed by atoms with Crippen LogP contribution in [0.1, 0.15) is 36.5 Å². The van der Waals surface area contributed by atoms with E-state index in [1.165, 1.54) is 11.1 Å². The highest BCUT2D eigenvalue weighted by Crippen LogP contribution is 2.32. The van der Waals surface area contributed by atoms with Gasteiger partial charge in [0.05, 0.1) is 0 Å². The highest BCUT2D eigenvalue weighted by Gasteiger charge is 2.10. The summed E-state index contributed by atoms with van der Waals surface area (Å²) in [6.07, 6.45) is 0. The van der Waals surface area contributed by atoms with Gasteiger partial charge in [0.15, 0.2) is 0 Å². The van der Waals surface area contributed by atoms with Gasteiger partial charge in [0, 0.05) is 12.1 Å². The van der Waals surface area contributed by atoms with Crippen molar-refractivity contribution >= 4 is 0 Å². The van der Waals surface area contributed by atoms with E-state index in [1.807, 2.05) is 30.3 Å². The molecule has 0 fully saturated rings. The van der Waals surface area contributed by atoms with Gasteiger partial charge in [0.25, 0.3) is 0 Å². The van der Waals surface area contributed by atoms with Crippen molar-refractivity contribution in [3.63, 3.8) is 0 Å². The van der Waals surface area contributed by atoms with Crippen molar-refractivity contribution in [3.05, 3.63) is 59.2 Å². The summed E-state index contributed by atoms with van der Waals surface area (Å²) >= 11 is 0. The van der Waals surface area contributed by atoms with Crippen LogP contribution in [0, 0.1) is 6.92 Å². The number of aryl methyl sites for hydroxylation is 1. The normalized spacial score (nSPS) is 10.8. The van der Waals surface area contributed by atoms with Crippen LogP contribution in [0.25, 0.3) is 0 Å². The predicted molar refractivity (Wildman–Crippen MR) is 79.7 cm³/mol. The fourth-order valence-corrected chi connectivity index (χ4v) is 2.14. The minimum atomic E-state index is 0.433. The molecule has 0 saturated heterocycles. The number of rotatable bonds is 4. The standard InChI is InChI=1S/C17H21NO/c1-12(2)15-6-4-5-7-17(15)19-16-9-8-13(3)10-14(16)11-18/h4-10,12H,11,18H2,1-3H3. The van der Waals surface area contributed by atoms with Crippen molar-refractivity contribution in [2.75, 3.05) is 0 Å². The Hall–Kier alpha value is -1.80. The van der Waals surface area contributed by atoms with Gasteiger partial charge in [-0.3, -0.25) is 0 Å². The summed E-state index contributed by atoms with van der Waals surface area (Å²) in [5, 5.41) is 0. The topological polar surface area (TPSA) is 35.2 Å². The largest absolute Gasteiger partial charge is 0.457 e. The molecule has 0 radical (unpaired) electrons. The maximum absolute atomic E-state index is 6.07. The first-order chi connectivity index (χ1) is 9.11. The molecule has 0 aliphatic carbocycles. The van der Waals surface area contributed by atoms with Crippen LogP contribution in [-0.2, 0) is 6.54 Å². The quantitative estimate of drug-likeness (QED) is 0.880. The molecule has 2 heteroatoms. The van der Waals surface area contributed by atoms with Gasteiger partial charge in [-0.1, -0.05) is 49.7 Å². The average molecular weight is 255 g/mol. The smallest absolute Gasteiger partial charge is 0.131 e. The number of para-hydroxylation sites is 1. The third-order valence-electron chi connectivity index (χ3n) is 3.20. The summed E-state index contributed by atoms with van der Waals surface area (Å²) in [6.45, 7) is 6.88. The van der Waals surface area contributed by atoms with Crippen LogP contribution in [-0.4, -0.2) is 0 Å². The molecule has 100 valence electrons. The molecule has 0 aliphatic heterocycles. The molecule has 2 aromatic carbocycles. The van der Waals surface area contributed by atoms with Crippen molar-refractivity contribution < 1.29 is 4.74 Å². The van der Waals surface area contributed by atoms with E-state index in [1.54, 1.807) is 0 Å². The zero-order valence-electron chi connectivity index (χ0n) is 11.8. The second kappa shape index (κ2) is 5.89. The molecular weight excluding hydrogens is 234 g/mol. The number of ether oxygens (including phenoxy) is 1. The van der Waals surface area contributed by atoms with E-state index < -0.39 is 0 Å². The molecule has 2 aromatic rings. The predicted octanol–water partition coefficient (Wildman–Crippen LogP) is 4.37. The molecule has 0 amide bonds. The van der Waals surface area contributed by atoms with Gasteiger partial charge in [-0.15, -0.1) is 0 Å². The summed E-state index contributed by atoms with van der Waals surface area (Å²) in [5.41, 5.74) is 9.24. The molecule has 0 heterocycles. The summed E-state index contributed by atoms with van der Waals surface area (Å²) in [7, 11) is 0. The lowest BCUT2D eigenvalue weighted by Gasteiger charge is -2.15. The average Bonchev–Trinajstić information content (AvgIpc) is 2.41. The van der Waals surface area contributed by atoms with Gasteiger partial charge in [0.2, 0.25) is 0 Å². The summed E-state index contributed by atoms with van der Waals surface area (Å²) < 4.78 is 6.07. The zero-order chi connectivity index (χ0) is 13.8. The lowest BCUT2D eigenvalue weighted by atomic mass is 10.0. The minimum absolute atomic E-state index is 0.433. The molecule has 19 heavy (non-hydrogen) atoms. The third-order valence-corrected chi connectivity index (χ3v) is 3.20. The van der Waals surface area contributed by atoms with E-state index in [9.17, 15) is 0 Å². The molecule has 0 bridgehead atoms. The first kappa shape index (κ1) is 13.6. The van der Waals surface area contributed by atoms with Crippen molar-refractivity contribution in [1.29, 1.82) is 0 Å². The van der Waals surface area contributed by atoms with Gasteiger partial charge in [0.1, 0.15) is 11.5 Å². The third kappa shape index (κ3) is 3.15. The number of nitrogens with two attached hydrogens (primary N) is 1. The molecule has 0 aromatic heterocycles. The van der Waals surface area contributed by atoms with Crippen molar-refractivity contribution in [1.82, 2.24) is 0 Å². The monoisotopic (exact) mass is 255 g/mol. The van der Waals surface area contributed by atoms with Crippen LogP contribution >= 0.6 is 0 Å². The van der Waals surface area contributed by atoms with Crippen LogP contribution in [0.4, 0.5) is 0 Å². The van der Waals surface area contributed by atoms with Gasteiger partial charge in [-0.2, -0.15) is 0 Å². The fourth-order valence-electron chi connectivity index (χ4n) is 2.14. The Balaban J connectivity index is 2.36. The summed E-state index contributed by atoms with van der Waals surface area (Å²) in [4.78, 5) is 0. The minimum Gasteiger partial charge on any atom is -0.457 e. The van der Waals surface area contributed by atoms with Crippen LogP contribution in [0.2, 0.25) is 0 Å². The number of hydrogen-bond acceptors (Lipinski definition) is 2. The fraction of sp³-hybridized carbons (Fsp3) is 0.294. The van der Waals surface area contributed by atoms with Crippen LogP contribution in [0.5, 0.6) is 11.5 Å². The van der Waals surface area contributed by atoms with Gasteiger partial charge in [-0.25, -0.2) is 0 Å². The lowest BCUT2D eigenvalue weighted by Crippen LogP contribution is -2.01. The number of benzene rings is 2. The Kier molecular flexibility index (Phi) is 4.23. The first-order valence-electron chi connectivity index (χ1n) is 6.68. The van der Waals surface area contributed by atoms with Crippen LogP contribution in [0.15, 0.2) is 42.5 Å². The van der Waals surface area contributed by atoms with Gasteiger partial charge < -0.3 is 10.5 Å². The van der Waals surface area contributed by atoms with E-state index in [2.05, 4.69) is 32.9 Å². The highest BCUT2D eigenvalue weighted by atomic mass is 16.5. The van der Waals surface area contributed by atoms with Crippen LogP contribution in [0.3, 0.4) is 0 Å². The molecule has 0 saturated carbocycles. The maximum atomic E-state index is 6.07. The second-order valence-electron chi connectivity index (χ2n) is 5.11. The maximum Gasteiger partial charge on any atom is 0.131 e. The van der Waals surface area contributed by atoms with Gasteiger partial charge >= 0.3 is 0 Å². The SMILES string of the molecule is Cc1ccc(Oc2ccccc2C(C)C)c(CN)c1. The Labute approximate surface area is 115 Å². The molecule has 0 spiro atoms. The summed E-state index contributed by atoms with van der Waals surface area (Å²) in [5.74, 6) is 2.19. The lowest BCUT2D eigenvalue weighted by molar-refractivity contribution is 0.467. The molecule has 0 atom stereocenters. The van der Waals surface area contributed by atoms with Gasteiger partial charge in [-0.05, 0) is 30.5 Å².